The molecule has 0 amide bonds. The number of benzene rings is 1. The van der Waals surface area contributed by atoms with Gasteiger partial charge in [-0.05, 0) is 38.0 Å². The minimum atomic E-state index is 0. The van der Waals surface area contributed by atoms with Gasteiger partial charge in [-0.2, -0.15) is 0 Å². The maximum absolute atomic E-state index is 5.81. The Morgan fingerprint density at radius 2 is 1.80 bits per heavy atom. The first kappa shape index (κ1) is 18.5. The lowest BCUT2D eigenvalue weighted by molar-refractivity contribution is 0.826. The van der Waals surface area contributed by atoms with Crippen molar-refractivity contribution in [2.45, 2.75) is 26.3 Å². The van der Waals surface area contributed by atoms with Gasteiger partial charge in [0.25, 0.3) is 0 Å². The van der Waals surface area contributed by atoms with Gasteiger partial charge in [-0.25, -0.2) is 0 Å². The molecule has 0 aliphatic heterocycles. The summed E-state index contributed by atoms with van der Waals surface area (Å²) in [5.74, 6) is 0.554. The Morgan fingerprint density at radius 3 is 2.35 bits per heavy atom. The van der Waals surface area contributed by atoms with Crippen LogP contribution in [0.5, 0.6) is 0 Å². The smallest absolute Gasteiger partial charge is 0.195 e. The molecule has 1 rings (SSSR count). The van der Waals surface area contributed by atoms with Crippen LogP contribution in [0.1, 0.15) is 19.4 Å². The van der Waals surface area contributed by atoms with Gasteiger partial charge >= 0.3 is 0 Å². The van der Waals surface area contributed by atoms with Crippen LogP contribution in [0.25, 0.3) is 0 Å². The predicted octanol–water partition coefficient (Wildman–Crippen LogP) is 1.93. The average Bonchev–Trinajstić information content (AvgIpc) is 2.30. The molecule has 0 bridgehead atoms. The third-order valence-corrected chi connectivity index (χ3v) is 2.50. The van der Waals surface area contributed by atoms with E-state index in [4.69, 9.17) is 23.1 Å². The summed E-state index contributed by atoms with van der Waals surface area (Å²) in [5, 5.41) is 3.47. The average molecular weight is 318 g/mol. The third kappa shape index (κ3) is 7.86. The van der Waals surface area contributed by atoms with Crippen molar-refractivity contribution in [2.75, 3.05) is 6.54 Å². The van der Waals surface area contributed by atoms with E-state index >= 15 is 0 Å². The van der Waals surface area contributed by atoms with Gasteiger partial charge in [-0.1, -0.05) is 23.7 Å². The van der Waals surface area contributed by atoms with Gasteiger partial charge in [0.1, 0.15) is 0 Å². The third-order valence-electron chi connectivity index (χ3n) is 2.25. The highest BCUT2D eigenvalue weighted by molar-refractivity contribution is 6.30. The summed E-state index contributed by atoms with van der Waals surface area (Å²) in [6.45, 7) is 4.44. The van der Waals surface area contributed by atoms with E-state index in [-0.39, 0.29) is 30.4 Å². The molecule has 0 radical (unpaired) electrons. The molecule has 0 atom stereocenters. The molecule has 1 aromatic carbocycles. The number of nitrogens with zero attached hydrogens (tertiary/aromatic N) is 2. The minimum absolute atomic E-state index is 0. The molecule has 0 saturated carbocycles. The first-order chi connectivity index (χ1) is 8.97. The topological polar surface area (TPSA) is 88.8 Å². The Hall–Kier alpha value is -1.46. The van der Waals surface area contributed by atoms with E-state index in [1.807, 2.05) is 38.1 Å². The number of nitrogens with one attached hydrogen (secondary N) is 1. The lowest BCUT2D eigenvalue weighted by Gasteiger charge is -2.06. The summed E-state index contributed by atoms with van der Waals surface area (Å²) in [5.41, 5.74) is 12.5. The van der Waals surface area contributed by atoms with Gasteiger partial charge in [0.15, 0.2) is 11.9 Å². The lowest BCUT2D eigenvalue weighted by atomic mass is 10.1. The molecule has 0 aliphatic rings. The summed E-state index contributed by atoms with van der Waals surface area (Å²) in [7, 11) is 0. The zero-order valence-electron chi connectivity index (χ0n) is 11.6. The molecule has 0 spiro atoms. The molecule has 0 saturated heterocycles. The summed E-state index contributed by atoms with van der Waals surface area (Å²) in [4.78, 5) is 8.28. The Labute approximate surface area is 130 Å². The first-order valence-electron chi connectivity index (χ1n) is 6.12. The molecule has 5 nitrogen and oxygen atoms in total. The number of hydrogen-bond acceptors (Lipinski definition) is 2. The molecular weight excluding hydrogens is 297 g/mol. The summed E-state index contributed by atoms with van der Waals surface area (Å²) in [6, 6.07) is 7.77. The number of nitrogens with two attached hydrogens (primary N) is 2. The second kappa shape index (κ2) is 9.44. The number of rotatable bonds is 4. The molecule has 1 aromatic rings. The molecule has 112 valence electrons. The van der Waals surface area contributed by atoms with Crippen molar-refractivity contribution in [3.8, 4) is 0 Å². The van der Waals surface area contributed by atoms with E-state index in [0.717, 1.165) is 17.0 Å². The van der Waals surface area contributed by atoms with Crippen LogP contribution in [0.4, 0.5) is 0 Å². The minimum Gasteiger partial charge on any atom is -0.370 e. The van der Waals surface area contributed by atoms with Crippen molar-refractivity contribution in [3.05, 3.63) is 34.9 Å². The summed E-state index contributed by atoms with van der Waals surface area (Å²) in [6.07, 6.45) is 0.792. The van der Waals surface area contributed by atoms with Crippen LogP contribution in [0.3, 0.4) is 0 Å². The second-order valence-electron chi connectivity index (χ2n) is 4.38. The highest BCUT2D eigenvalue weighted by atomic mass is 35.5. The number of halogens is 2. The van der Waals surface area contributed by atoms with Gasteiger partial charge in [0.05, 0.1) is 0 Å². The zero-order chi connectivity index (χ0) is 14.3. The molecule has 5 N–H and O–H groups in total. The van der Waals surface area contributed by atoms with Crippen molar-refractivity contribution in [1.82, 2.24) is 5.32 Å². The van der Waals surface area contributed by atoms with E-state index in [2.05, 4.69) is 15.3 Å². The van der Waals surface area contributed by atoms with E-state index in [1.54, 1.807) is 0 Å². The molecule has 0 aromatic heterocycles. The Morgan fingerprint density at radius 1 is 1.20 bits per heavy atom. The fourth-order valence-electron chi connectivity index (χ4n) is 1.44. The lowest BCUT2D eigenvalue weighted by Crippen LogP contribution is -2.42. The van der Waals surface area contributed by atoms with Crippen LogP contribution in [-0.2, 0) is 6.42 Å². The van der Waals surface area contributed by atoms with Crippen molar-refractivity contribution < 1.29 is 0 Å². The monoisotopic (exact) mass is 317 g/mol. The number of hydrogen-bond donors (Lipinski definition) is 3. The van der Waals surface area contributed by atoms with Crippen molar-refractivity contribution in [2.24, 2.45) is 21.5 Å². The zero-order valence-corrected chi connectivity index (χ0v) is 13.2. The van der Waals surface area contributed by atoms with Crippen LogP contribution in [0.2, 0.25) is 5.02 Å². The summed E-state index contributed by atoms with van der Waals surface area (Å²) >= 11 is 5.81. The van der Waals surface area contributed by atoms with E-state index in [9.17, 15) is 0 Å². The van der Waals surface area contributed by atoms with Gasteiger partial charge in [0, 0.05) is 17.6 Å². The Kier molecular flexibility index (Phi) is 8.76. The SMILES string of the molecule is CC(C)N=C(N)NC(N)=NCCc1ccc(Cl)cc1.Cl. The number of aliphatic imine (C=N–C) groups is 2. The quantitative estimate of drug-likeness (QED) is 0.585. The highest BCUT2D eigenvalue weighted by Crippen LogP contribution is 2.09. The molecule has 0 unspecified atom stereocenters. The first-order valence-corrected chi connectivity index (χ1v) is 6.50. The van der Waals surface area contributed by atoms with Crippen LogP contribution in [0.15, 0.2) is 34.3 Å². The van der Waals surface area contributed by atoms with Gasteiger partial charge < -0.3 is 11.5 Å². The van der Waals surface area contributed by atoms with E-state index < -0.39 is 0 Å². The fourth-order valence-corrected chi connectivity index (χ4v) is 1.56. The normalized spacial score (nSPS) is 12.2. The van der Waals surface area contributed by atoms with Gasteiger partial charge in [-0.15, -0.1) is 12.4 Å². The Bertz CT molecular complexity index is 454. The molecule has 0 heterocycles. The van der Waals surface area contributed by atoms with E-state index in [1.165, 1.54) is 0 Å². The molecular formula is C13H21Cl2N5. The van der Waals surface area contributed by atoms with Gasteiger partial charge in [-0.3, -0.25) is 15.3 Å². The summed E-state index contributed by atoms with van der Waals surface area (Å²) < 4.78 is 0. The molecule has 7 heteroatoms. The van der Waals surface area contributed by atoms with Crippen molar-refractivity contribution >= 4 is 35.9 Å². The Balaban J connectivity index is 0.00000361. The predicted molar refractivity (Wildman–Crippen MR) is 88.8 cm³/mol. The van der Waals surface area contributed by atoms with Crippen LogP contribution >= 0.6 is 24.0 Å². The van der Waals surface area contributed by atoms with Crippen molar-refractivity contribution in [1.29, 1.82) is 0 Å². The molecule has 0 fully saturated rings. The molecule has 20 heavy (non-hydrogen) atoms. The van der Waals surface area contributed by atoms with Gasteiger partial charge in [0.2, 0.25) is 0 Å². The highest BCUT2D eigenvalue weighted by Gasteiger charge is 1.97. The fraction of sp³-hybridized carbons (Fsp3) is 0.385. The second-order valence-corrected chi connectivity index (χ2v) is 4.81. The van der Waals surface area contributed by atoms with Crippen LogP contribution < -0.4 is 16.8 Å². The van der Waals surface area contributed by atoms with Crippen LogP contribution in [0, 0.1) is 0 Å². The van der Waals surface area contributed by atoms with Crippen molar-refractivity contribution in [3.63, 3.8) is 0 Å². The standard InChI is InChI=1S/C13H20ClN5.ClH/c1-9(2)18-13(16)19-12(15)17-8-7-10-3-5-11(14)6-4-10;/h3-6,9H,7-8H2,1-2H3,(H5,15,16,17,18,19);1H. The maximum Gasteiger partial charge on any atom is 0.195 e. The van der Waals surface area contributed by atoms with Crippen LogP contribution in [-0.4, -0.2) is 24.5 Å². The van der Waals surface area contributed by atoms with E-state index in [0.29, 0.717) is 6.54 Å². The maximum atomic E-state index is 5.81. The number of guanidine groups is 2. The largest absolute Gasteiger partial charge is 0.370 e. The molecule has 0 aliphatic carbocycles.